The van der Waals surface area contributed by atoms with Crippen LogP contribution >= 0.6 is 15.9 Å². The normalized spacial score (nSPS) is 10.3. The third kappa shape index (κ3) is 3.57. The summed E-state index contributed by atoms with van der Waals surface area (Å²) in [4.78, 5) is 6.67. The van der Waals surface area contributed by atoms with Crippen LogP contribution in [-0.4, -0.2) is 17.4 Å². The van der Waals surface area contributed by atoms with Crippen LogP contribution in [0, 0.1) is 12.3 Å². The molecule has 1 aromatic carbocycles. The standard InChI is InChI=1S/C15H17BrN4/c1-11-13(16)7-8-15(19-11)20(10-9-14(17)18)12-5-3-2-4-6-12/h2-8H,9-10H2,1H3,(H3,17,18). The Balaban J connectivity index is 2.35. The summed E-state index contributed by atoms with van der Waals surface area (Å²) in [6.07, 6.45) is 0.506. The zero-order valence-electron chi connectivity index (χ0n) is 11.3. The molecule has 104 valence electrons. The van der Waals surface area contributed by atoms with E-state index in [2.05, 4.69) is 25.8 Å². The number of amidine groups is 1. The van der Waals surface area contributed by atoms with Crippen molar-refractivity contribution in [2.75, 3.05) is 11.4 Å². The number of halogens is 1. The third-order valence-corrected chi connectivity index (χ3v) is 3.79. The van der Waals surface area contributed by atoms with E-state index in [1.54, 1.807) is 0 Å². The van der Waals surface area contributed by atoms with E-state index >= 15 is 0 Å². The van der Waals surface area contributed by atoms with Crippen LogP contribution in [0.3, 0.4) is 0 Å². The average molecular weight is 333 g/mol. The van der Waals surface area contributed by atoms with Crippen molar-refractivity contribution >= 4 is 33.3 Å². The molecule has 0 radical (unpaired) electrons. The summed E-state index contributed by atoms with van der Waals surface area (Å²) in [5.74, 6) is 1.04. The fourth-order valence-corrected chi connectivity index (χ4v) is 2.12. The molecule has 2 aromatic rings. The zero-order valence-corrected chi connectivity index (χ0v) is 12.9. The number of pyridine rings is 1. The van der Waals surface area contributed by atoms with Gasteiger partial charge in [0, 0.05) is 23.1 Å². The molecule has 0 saturated heterocycles. The van der Waals surface area contributed by atoms with Gasteiger partial charge in [-0.2, -0.15) is 0 Å². The van der Waals surface area contributed by atoms with Gasteiger partial charge >= 0.3 is 0 Å². The Bertz CT molecular complexity index is 598. The topological polar surface area (TPSA) is 66.0 Å². The van der Waals surface area contributed by atoms with Crippen LogP contribution in [0.25, 0.3) is 0 Å². The van der Waals surface area contributed by atoms with Crippen molar-refractivity contribution in [2.45, 2.75) is 13.3 Å². The molecule has 2 rings (SSSR count). The molecule has 4 nitrogen and oxygen atoms in total. The van der Waals surface area contributed by atoms with Gasteiger partial charge in [-0.25, -0.2) is 4.98 Å². The van der Waals surface area contributed by atoms with Gasteiger partial charge in [0.1, 0.15) is 5.82 Å². The summed E-state index contributed by atoms with van der Waals surface area (Å²) in [7, 11) is 0. The van der Waals surface area contributed by atoms with Gasteiger partial charge in [0.05, 0.1) is 11.5 Å². The predicted molar refractivity (Wildman–Crippen MR) is 86.7 cm³/mol. The molecule has 0 fully saturated rings. The number of nitrogens with two attached hydrogens (primary N) is 1. The molecule has 0 saturated carbocycles. The van der Waals surface area contributed by atoms with E-state index in [1.165, 1.54) is 0 Å². The Morgan fingerprint density at radius 2 is 1.95 bits per heavy atom. The minimum Gasteiger partial charge on any atom is -0.388 e. The van der Waals surface area contributed by atoms with Crippen LogP contribution in [0.5, 0.6) is 0 Å². The summed E-state index contributed by atoms with van der Waals surface area (Å²) >= 11 is 3.46. The Kier molecular flexibility index (Phi) is 4.74. The molecule has 1 aromatic heterocycles. The third-order valence-electron chi connectivity index (χ3n) is 2.96. The van der Waals surface area contributed by atoms with Gasteiger partial charge < -0.3 is 10.6 Å². The van der Waals surface area contributed by atoms with Gasteiger partial charge in [0.25, 0.3) is 0 Å². The van der Waals surface area contributed by atoms with Crippen LogP contribution in [0.15, 0.2) is 46.9 Å². The molecular weight excluding hydrogens is 316 g/mol. The quantitative estimate of drug-likeness (QED) is 0.649. The maximum atomic E-state index is 7.41. The second-order valence-corrected chi connectivity index (χ2v) is 5.35. The first-order valence-corrected chi connectivity index (χ1v) is 7.16. The first kappa shape index (κ1) is 14.5. The molecule has 5 heteroatoms. The molecular formula is C15H17BrN4. The van der Waals surface area contributed by atoms with Crippen molar-refractivity contribution < 1.29 is 0 Å². The molecule has 0 spiro atoms. The molecule has 20 heavy (non-hydrogen) atoms. The second-order valence-electron chi connectivity index (χ2n) is 4.50. The van der Waals surface area contributed by atoms with Crippen molar-refractivity contribution in [1.29, 1.82) is 5.41 Å². The number of hydrogen-bond acceptors (Lipinski definition) is 3. The molecule has 0 aliphatic carbocycles. The molecule has 3 N–H and O–H groups in total. The van der Waals surface area contributed by atoms with Gasteiger partial charge in [0.2, 0.25) is 0 Å². The molecule has 0 aliphatic rings. The van der Waals surface area contributed by atoms with E-state index in [4.69, 9.17) is 11.1 Å². The molecule has 0 aliphatic heterocycles. The van der Waals surface area contributed by atoms with Crippen molar-refractivity contribution in [3.05, 3.63) is 52.6 Å². The summed E-state index contributed by atoms with van der Waals surface area (Å²) < 4.78 is 0.987. The lowest BCUT2D eigenvalue weighted by Gasteiger charge is -2.24. The monoisotopic (exact) mass is 332 g/mol. The van der Waals surface area contributed by atoms with Crippen molar-refractivity contribution in [2.24, 2.45) is 5.73 Å². The summed E-state index contributed by atoms with van der Waals surface area (Å²) in [5.41, 5.74) is 7.46. The van der Waals surface area contributed by atoms with Crippen molar-refractivity contribution in [3.8, 4) is 0 Å². The number of nitrogens with zero attached hydrogens (tertiary/aromatic N) is 2. The van der Waals surface area contributed by atoms with E-state index in [-0.39, 0.29) is 5.84 Å². The molecule has 1 heterocycles. The fraction of sp³-hybridized carbons (Fsp3) is 0.200. The SMILES string of the molecule is Cc1nc(N(CCC(=N)N)c2ccccc2)ccc1Br. The summed E-state index contributed by atoms with van der Waals surface area (Å²) in [5, 5.41) is 7.41. The van der Waals surface area contributed by atoms with E-state index in [0.29, 0.717) is 13.0 Å². The highest BCUT2D eigenvalue weighted by molar-refractivity contribution is 9.10. The van der Waals surface area contributed by atoms with E-state index < -0.39 is 0 Å². The van der Waals surface area contributed by atoms with Gasteiger partial charge in [-0.15, -0.1) is 0 Å². The highest BCUT2D eigenvalue weighted by atomic mass is 79.9. The summed E-state index contributed by atoms with van der Waals surface area (Å²) in [6, 6.07) is 14.0. The molecule has 0 unspecified atom stereocenters. The maximum absolute atomic E-state index is 7.41. The van der Waals surface area contributed by atoms with E-state index in [9.17, 15) is 0 Å². The number of para-hydroxylation sites is 1. The predicted octanol–water partition coefficient (Wildman–Crippen LogP) is 3.62. The minimum absolute atomic E-state index is 0.180. The average Bonchev–Trinajstić information content (AvgIpc) is 2.44. The smallest absolute Gasteiger partial charge is 0.133 e. The van der Waals surface area contributed by atoms with Crippen molar-refractivity contribution in [3.63, 3.8) is 0 Å². The lowest BCUT2D eigenvalue weighted by Crippen LogP contribution is -2.24. The number of aryl methyl sites for hydroxylation is 1. The lowest BCUT2D eigenvalue weighted by molar-refractivity contribution is 0.925. The maximum Gasteiger partial charge on any atom is 0.133 e. The number of benzene rings is 1. The van der Waals surface area contributed by atoms with E-state index in [0.717, 1.165) is 21.7 Å². The summed E-state index contributed by atoms with van der Waals surface area (Å²) in [6.45, 7) is 2.59. The van der Waals surface area contributed by atoms with Crippen LogP contribution in [0.1, 0.15) is 12.1 Å². The van der Waals surface area contributed by atoms with Gasteiger partial charge in [-0.3, -0.25) is 5.41 Å². The number of hydrogen-bond donors (Lipinski definition) is 2. The largest absolute Gasteiger partial charge is 0.388 e. The van der Waals surface area contributed by atoms with Crippen LogP contribution in [0.2, 0.25) is 0 Å². The van der Waals surface area contributed by atoms with Gasteiger partial charge in [-0.1, -0.05) is 18.2 Å². The number of rotatable bonds is 5. The Morgan fingerprint density at radius 1 is 1.25 bits per heavy atom. The first-order chi connectivity index (χ1) is 9.58. The zero-order chi connectivity index (χ0) is 14.5. The Morgan fingerprint density at radius 3 is 2.55 bits per heavy atom. The molecule has 0 amide bonds. The highest BCUT2D eigenvalue weighted by Gasteiger charge is 2.11. The molecule has 0 atom stereocenters. The second kappa shape index (κ2) is 6.52. The van der Waals surface area contributed by atoms with Crippen LogP contribution in [0.4, 0.5) is 11.5 Å². The van der Waals surface area contributed by atoms with Crippen LogP contribution < -0.4 is 10.6 Å². The highest BCUT2D eigenvalue weighted by Crippen LogP contribution is 2.26. The van der Waals surface area contributed by atoms with E-state index in [1.807, 2.05) is 49.4 Å². The number of anilines is 2. The molecule has 0 bridgehead atoms. The number of aromatic nitrogens is 1. The minimum atomic E-state index is 0.180. The van der Waals surface area contributed by atoms with Crippen molar-refractivity contribution in [1.82, 2.24) is 4.98 Å². The van der Waals surface area contributed by atoms with Gasteiger partial charge in [-0.05, 0) is 47.1 Å². The van der Waals surface area contributed by atoms with Crippen LogP contribution in [-0.2, 0) is 0 Å². The Hall–Kier alpha value is -1.88. The van der Waals surface area contributed by atoms with Gasteiger partial charge in [0.15, 0.2) is 0 Å². The first-order valence-electron chi connectivity index (χ1n) is 6.36. The number of nitrogens with one attached hydrogen (secondary N) is 1. The fourth-order valence-electron chi connectivity index (χ4n) is 1.90. The lowest BCUT2D eigenvalue weighted by atomic mass is 10.2. The Labute approximate surface area is 127 Å².